The first kappa shape index (κ1) is 12.8. The Morgan fingerprint density at radius 2 is 1.87 bits per heavy atom. The molecule has 0 amide bonds. The van der Waals surface area contributed by atoms with Crippen LogP contribution < -0.4 is 10.0 Å². The maximum absolute atomic E-state index is 4.81. The summed E-state index contributed by atoms with van der Waals surface area (Å²) in [6, 6.07) is 6.55. The molecule has 5 nitrogen and oxygen atoms in total. The zero-order chi connectivity index (χ0) is 15.6. The van der Waals surface area contributed by atoms with Gasteiger partial charge in [0, 0.05) is 24.5 Å². The SMILES string of the molecule is Cc1cccc2c1CCN1c3nc4nccnc4c(C)c3CN21. The number of aryl methyl sites for hydroxylation is 2. The van der Waals surface area contributed by atoms with Gasteiger partial charge in [0.1, 0.15) is 5.52 Å². The molecule has 4 heterocycles. The van der Waals surface area contributed by atoms with Crippen LogP contribution in [0.5, 0.6) is 0 Å². The lowest BCUT2D eigenvalue weighted by Crippen LogP contribution is -2.43. The molecule has 0 unspecified atom stereocenters. The fourth-order valence-electron chi connectivity index (χ4n) is 3.82. The van der Waals surface area contributed by atoms with Crippen molar-refractivity contribution in [2.45, 2.75) is 26.8 Å². The van der Waals surface area contributed by atoms with Crippen molar-refractivity contribution in [2.75, 3.05) is 16.6 Å². The van der Waals surface area contributed by atoms with Gasteiger partial charge in [0.15, 0.2) is 11.5 Å². The van der Waals surface area contributed by atoms with E-state index in [1.54, 1.807) is 12.4 Å². The van der Waals surface area contributed by atoms with Gasteiger partial charge in [0.25, 0.3) is 0 Å². The highest BCUT2D eigenvalue weighted by Gasteiger charge is 2.35. The van der Waals surface area contributed by atoms with E-state index in [-0.39, 0.29) is 0 Å². The van der Waals surface area contributed by atoms with E-state index in [2.05, 4.69) is 52.0 Å². The van der Waals surface area contributed by atoms with Crippen molar-refractivity contribution in [2.24, 2.45) is 0 Å². The Balaban J connectivity index is 1.72. The number of aromatic nitrogens is 3. The number of hydrogen-bond acceptors (Lipinski definition) is 5. The van der Waals surface area contributed by atoms with E-state index in [1.807, 2.05) is 0 Å². The quantitative estimate of drug-likeness (QED) is 0.639. The molecule has 0 aliphatic carbocycles. The van der Waals surface area contributed by atoms with Gasteiger partial charge >= 0.3 is 0 Å². The summed E-state index contributed by atoms with van der Waals surface area (Å²) in [5, 5.41) is 4.66. The lowest BCUT2D eigenvalue weighted by atomic mass is 10.0. The standard InChI is InChI=1S/C18H17N5/c1-11-4-3-5-15-13(11)6-9-22-18-14(10-23(15)22)12(2)16-17(21-18)20-8-7-19-16/h3-5,7-8H,6,9-10H2,1-2H3. The minimum absolute atomic E-state index is 0.737. The number of anilines is 2. The van der Waals surface area contributed by atoms with Crippen LogP contribution in [0.15, 0.2) is 30.6 Å². The molecular weight excluding hydrogens is 286 g/mol. The van der Waals surface area contributed by atoms with E-state index in [1.165, 1.54) is 27.9 Å². The zero-order valence-corrected chi connectivity index (χ0v) is 13.2. The first-order chi connectivity index (χ1) is 11.2. The molecule has 0 bridgehead atoms. The summed E-state index contributed by atoms with van der Waals surface area (Å²) >= 11 is 0. The van der Waals surface area contributed by atoms with Crippen molar-refractivity contribution in [1.29, 1.82) is 0 Å². The van der Waals surface area contributed by atoms with Crippen LogP contribution >= 0.6 is 0 Å². The average molecular weight is 303 g/mol. The Hall–Kier alpha value is -2.69. The van der Waals surface area contributed by atoms with Gasteiger partial charge in [-0.1, -0.05) is 12.1 Å². The largest absolute Gasteiger partial charge is 0.279 e. The van der Waals surface area contributed by atoms with E-state index in [9.17, 15) is 0 Å². The maximum Gasteiger partial charge on any atom is 0.180 e. The molecule has 0 saturated carbocycles. The van der Waals surface area contributed by atoms with Gasteiger partial charge in [-0.2, -0.15) is 0 Å². The maximum atomic E-state index is 4.81. The van der Waals surface area contributed by atoms with Gasteiger partial charge in [-0.3, -0.25) is 15.0 Å². The molecule has 2 aliphatic rings. The van der Waals surface area contributed by atoms with Crippen molar-refractivity contribution >= 4 is 22.7 Å². The van der Waals surface area contributed by atoms with Crippen molar-refractivity contribution < 1.29 is 0 Å². The van der Waals surface area contributed by atoms with Gasteiger partial charge in [0.05, 0.1) is 12.2 Å². The minimum Gasteiger partial charge on any atom is -0.279 e. The third-order valence-electron chi connectivity index (χ3n) is 5.05. The molecule has 0 atom stereocenters. The second-order valence-corrected chi connectivity index (χ2v) is 6.27. The van der Waals surface area contributed by atoms with Crippen LogP contribution in [-0.4, -0.2) is 21.5 Å². The van der Waals surface area contributed by atoms with E-state index in [4.69, 9.17) is 4.98 Å². The van der Waals surface area contributed by atoms with Gasteiger partial charge in [-0.15, -0.1) is 0 Å². The van der Waals surface area contributed by atoms with Crippen LogP contribution in [0.1, 0.15) is 22.3 Å². The molecule has 114 valence electrons. The molecule has 0 N–H and O–H groups in total. The normalized spacial score (nSPS) is 15.6. The van der Waals surface area contributed by atoms with Crippen LogP contribution in [0.4, 0.5) is 11.5 Å². The summed E-state index contributed by atoms with van der Waals surface area (Å²) in [6.07, 6.45) is 4.50. The Morgan fingerprint density at radius 1 is 1.00 bits per heavy atom. The molecule has 2 aromatic heterocycles. The van der Waals surface area contributed by atoms with Crippen LogP contribution in [0, 0.1) is 13.8 Å². The van der Waals surface area contributed by atoms with Gasteiger partial charge in [-0.05, 0) is 43.0 Å². The Morgan fingerprint density at radius 3 is 2.78 bits per heavy atom. The smallest absolute Gasteiger partial charge is 0.180 e. The lowest BCUT2D eigenvalue weighted by molar-refractivity contribution is 0.704. The van der Waals surface area contributed by atoms with Gasteiger partial charge in [-0.25, -0.2) is 9.97 Å². The summed E-state index contributed by atoms with van der Waals surface area (Å²) in [4.78, 5) is 13.7. The predicted octanol–water partition coefficient (Wildman–Crippen LogP) is 2.94. The topological polar surface area (TPSA) is 45.2 Å². The van der Waals surface area contributed by atoms with Crippen LogP contribution in [0.3, 0.4) is 0 Å². The summed E-state index contributed by atoms with van der Waals surface area (Å²) < 4.78 is 0. The average Bonchev–Trinajstić information content (AvgIpc) is 2.95. The van der Waals surface area contributed by atoms with E-state index in [0.29, 0.717) is 0 Å². The molecule has 0 spiro atoms. The molecule has 3 aromatic rings. The number of benzene rings is 1. The molecule has 5 rings (SSSR count). The summed E-state index contributed by atoms with van der Waals surface area (Å²) in [5.41, 5.74) is 8.25. The van der Waals surface area contributed by atoms with Crippen molar-refractivity contribution in [3.63, 3.8) is 0 Å². The second kappa shape index (κ2) is 4.41. The minimum atomic E-state index is 0.737. The fraction of sp³-hybridized carbons (Fsp3) is 0.278. The van der Waals surface area contributed by atoms with Gasteiger partial charge < -0.3 is 0 Å². The summed E-state index contributed by atoms with van der Waals surface area (Å²) in [6.45, 7) is 6.15. The van der Waals surface area contributed by atoms with Crippen LogP contribution in [0.2, 0.25) is 0 Å². The van der Waals surface area contributed by atoms with E-state index >= 15 is 0 Å². The van der Waals surface area contributed by atoms with E-state index in [0.717, 1.165) is 36.5 Å². The Bertz CT molecular complexity index is 950. The monoisotopic (exact) mass is 303 g/mol. The molecule has 0 fully saturated rings. The molecule has 2 aliphatic heterocycles. The number of pyridine rings is 1. The first-order valence-electron chi connectivity index (χ1n) is 7.97. The van der Waals surface area contributed by atoms with Crippen LogP contribution in [0.25, 0.3) is 11.2 Å². The highest BCUT2D eigenvalue weighted by atomic mass is 15.7. The number of nitrogens with zero attached hydrogens (tertiary/aromatic N) is 5. The highest BCUT2D eigenvalue weighted by Crippen LogP contribution is 2.41. The zero-order valence-electron chi connectivity index (χ0n) is 13.2. The number of hydrazine groups is 1. The van der Waals surface area contributed by atoms with Crippen molar-refractivity contribution in [3.05, 3.63) is 52.8 Å². The van der Waals surface area contributed by atoms with Crippen LogP contribution in [-0.2, 0) is 13.0 Å². The molecule has 1 aromatic carbocycles. The van der Waals surface area contributed by atoms with Crippen molar-refractivity contribution in [3.8, 4) is 0 Å². The molecule has 0 saturated heterocycles. The molecule has 0 radical (unpaired) electrons. The Kier molecular flexibility index (Phi) is 2.46. The first-order valence-corrected chi connectivity index (χ1v) is 7.97. The Labute approximate surface area is 134 Å². The molecule has 23 heavy (non-hydrogen) atoms. The summed E-state index contributed by atoms with van der Waals surface area (Å²) in [5.74, 6) is 1.04. The third kappa shape index (κ3) is 1.64. The molecule has 5 heteroatoms. The van der Waals surface area contributed by atoms with Crippen molar-refractivity contribution in [1.82, 2.24) is 15.0 Å². The lowest BCUT2D eigenvalue weighted by Gasteiger charge is -2.37. The predicted molar refractivity (Wildman–Crippen MR) is 90.5 cm³/mol. The molecular formula is C18H17N5. The highest BCUT2D eigenvalue weighted by molar-refractivity contribution is 5.82. The number of rotatable bonds is 0. The second-order valence-electron chi connectivity index (χ2n) is 6.27. The van der Waals surface area contributed by atoms with Gasteiger partial charge in [0.2, 0.25) is 0 Å². The number of hydrogen-bond donors (Lipinski definition) is 0. The number of fused-ring (bicyclic) bond motifs is 6. The third-order valence-corrected chi connectivity index (χ3v) is 5.05. The summed E-state index contributed by atoms with van der Waals surface area (Å²) in [7, 11) is 0. The fourth-order valence-corrected chi connectivity index (χ4v) is 3.82. The van der Waals surface area contributed by atoms with E-state index < -0.39 is 0 Å².